The van der Waals surface area contributed by atoms with E-state index in [1.54, 1.807) is 0 Å². The lowest BCUT2D eigenvalue weighted by Crippen LogP contribution is -2.11. The molecule has 1 atom stereocenters. The first-order valence-corrected chi connectivity index (χ1v) is 9.49. The first-order valence-electron chi connectivity index (χ1n) is 9.49. The molecule has 24 heavy (non-hydrogen) atoms. The van der Waals surface area contributed by atoms with Crippen LogP contribution in [-0.4, -0.2) is 0 Å². The van der Waals surface area contributed by atoms with Gasteiger partial charge in [0.05, 0.1) is 0 Å². The van der Waals surface area contributed by atoms with Crippen LogP contribution in [0.2, 0.25) is 0 Å². The van der Waals surface area contributed by atoms with Crippen molar-refractivity contribution in [1.29, 1.82) is 0 Å². The second kappa shape index (κ2) is 7.88. The minimum absolute atomic E-state index is 0.133. The zero-order valence-electron chi connectivity index (χ0n) is 15.3. The van der Waals surface area contributed by atoms with Crippen molar-refractivity contribution in [2.75, 3.05) is 0 Å². The van der Waals surface area contributed by atoms with E-state index in [1.807, 2.05) is 0 Å². The van der Waals surface area contributed by atoms with Gasteiger partial charge in [0, 0.05) is 0 Å². The van der Waals surface area contributed by atoms with Gasteiger partial charge in [0.2, 0.25) is 0 Å². The van der Waals surface area contributed by atoms with Crippen molar-refractivity contribution >= 4 is 0 Å². The number of hydrogen-bond acceptors (Lipinski definition) is 1. The second-order valence-corrected chi connectivity index (χ2v) is 7.45. The lowest BCUT2D eigenvalue weighted by atomic mass is 9.79. The van der Waals surface area contributed by atoms with Gasteiger partial charge in [0.15, 0.2) is 0 Å². The minimum atomic E-state index is 0.133. The van der Waals surface area contributed by atoms with Crippen LogP contribution < -0.4 is 4.74 Å². The fourth-order valence-corrected chi connectivity index (χ4v) is 3.74. The molecule has 2 aromatic carbocycles. The van der Waals surface area contributed by atoms with E-state index in [-0.39, 0.29) is 6.10 Å². The summed E-state index contributed by atoms with van der Waals surface area (Å²) in [6, 6.07) is 17.6. The van der Waals surface area contributed by atoms with Gasteiger partial charge in [-0.1, -0.05) is 68.7 Å². The van der Waals surface area contributed by atoms with Crippen molar-refractivity contribution < 1.29 is 4.74 Å². The Morgan fingerprint density at radius 1 is 0.917 bits per heavy atom. The van der Waals surface area contributed by atoms with Crippen LogP contribution >= 0.6 is 0 Å². The van der Waals surface area contributed by atoms with Crippen molar-refractivity contribution in [2.24, 2.45) is 5.92 Å². The first kappa shape index (κ1) is 17.1. The predicted octanol–water partition coefficient (Wildman–Crippen LogP) is 6.82. The van der Waals surface area contributed by atoms with E-state index in [0.29, 0.717) is 0 Å². The first-order chi connectivity index (χ1) is 11.7. The van der Waals surface area contributed by atoms with E-state index >= 15 is 0 Å². The average molecular weight is 322 g/mol. The van der Waals surface area contributed by atoms with Crippen LogP contribution in [0.1, 0.15) is 74.7 Å². The van der Waals surface area contributed by atoms with E-state index in [2.05, 4.69) is 69.3 Å². The van der Waals surface area contributed by atoms with Crippen LogP contribution in [0.5, 0.6) is 5.75 Å². The van der Waals surface area contributed by atoms with E-state index < -0.39 is 0 Å². The smallest absolute Gasteiger partial charge is 0.123 e. The Morgan fingerprint density at radius 2 is 1.54 bits per heavy atom. The van der Waals surface area contributed by atoms with Gasteiger partial charge in [-0.25, -0.2) is 0 Å². The van der Waals surface area contributed by atoms with Crippen LogP contribution in [0.25, 0.3) is 0 Å². The average Bonchev–Trinajstić information content (AvgIpc) is 2.62. The second-order valence-electron chi connectivity index (χ2n) is 7.45. The third kappa shape index (κ3) is 4.20. The molecule has 1 heteroatoms. The fourth-order valence-electron chi connectivity index (χ4n) is 3.74. The Bertz CT molecular complexity index is 618. The fraction of sp³-hybridized carbons (Fsp3) is 0.478. The van der Waals surface area contributed by atoms with Gasteiger partial charge in [-0.05, 0) is 61.3 Å². The van der Waals surface area contributed by atoms with Crippen LogP contribution in [0.3, 0.4) is 0 Å². The predicted molar refractivity (Wildman–Crippen MR) is 102 cm³/mol. The summed E-state index contributed by atoms with van der Waals surface area (Å²) in [4.78, 5) is 0. The molecule has 1 saturated carbocycles. The summed E-state index contributed by atoms with van der Waals surface area (Å²) in [5.41, 5.74) is 4.06. The Morgan fingerprint density at radius 3 is 2.12 bits per heavy atom. The van der Waals surface area contributed by atoms with Crippen molar-refractivity contribution in [1.82, 2.24) is 0 Å². The molecule has 0 saturated heterocycles. The third-order valence-electron chi connectivity index (χ3n) is 5.47. The lowest BCUT2D eigenvalue weighted by molar-refractivity contribution is 0.201. The molecule has 0 spiro atoms. The number of aryl methyl sites for hydroxylation is 1. The molecule has 1 nitrogen and oxygen atoms in total. The zero-order valence-corrected chi connectivity index (χ0v) is 15.3. The largest absolute Gasteiger partial charge is 0.486 e. The zero-order chi connectivity index (χ0) is 16.9. The highest BCUT2D eigenvalue weighted by Gasteiger charge is 2.20. The molecule has 1 aliphatic carbocycles. The Kier molecular flexibility index (Phi) is 5.60. The Hall–Kier alpha value is -1.76. The molecule has 1 aliphatic rings. The minimum Gasteiger partial charge on any atom is -0.486 e. The van der Waals surface area contributed by atoms with Crippen molar-refractivity contribution in [3.05, 3.63) is 65.2 Å². The summed E-state index contributed by atoms with van der Waals surface area (Å²) >= 11 is 0. The highest BCUT2D eigenvalue weighted by molar-refractivity contribution is 5.30. The molecule has 0 heterocycles. The normalized spacial score (nSPS) is 22.1. The third-order valence-corrected chi connectivity index (χ3v) is 5.47. The van der Waals surface area contributed by atoms with Gasteiger partial charge in [-0.3, -0.25) is 0 Å². The maximum Gasteiger partial charge on any atom is 0.123 e. The molecule has 0 aromatic heterocycles. The summed E-state index contributed by atoms with van der Waals surface area (Å²) in [7, 11) is 0. The molecule has 3 rings (SSSR count). The standard InChI is InChI=1S/C23H30O/c1-4-23(24-22-15-7-18(3)8-16-22)21-13-11-20(12-14-21)19-9-5-17(2)6-10-19/h7-8,11-17,19,23H,4-6,9-10H2,1-3H3/t17?,19?,23-/m1/s1. The van der Waals surface area contributed by atoms with E-state index in [1.165, 1.54) is 42.4 Å². The van der Waals surface area contributed by atoms with Gasteiger partial charge in [-0.2, -0.15) is 0 Å². The monoisotopic (exact) mass is 322 g/mol. The van der Waals surface area contributed by atoms with Crippen LogP contribution in [0, 0.1) is 12.8 Å². The number of hydrogen-bond donors (Lipinski definition) is 0. The van der Waals surface area contributed by atoms with Gasteiger partial charge in [0.1, 0.15) is 11.9 Å². The topological polar surface area (TPSA) is 9.23 Å². The Labute approximate surface area is 147 Å². The molecular formula is C23H30O. The number of ether oxygens (including phenoxy) is 1. The Balaban J connectivity index is 1.67. The number of rotatable bonds is 5. The highest BCUT2D eigenvalue weighted by atomic mass is 16.5. The van der Waals surface area contributed by atoms with Gasteiger partial charge in [0.25, 0.3) is 0 Å². The summed E-state index contributed by atoms with van der Waals surface area (Å²) in [6.45, 7) is 6.68. The molecule has 0 aliphatic heterocycles. The lowest BCUT2D eigenvalue weighted by Gasteiger charge is -2.27. The van der Waals surface area contributed by atoms with Gasteiger partial charge in [-0.15, -0.1) is 0 Å². The SMILES string of the molecule is CC[C@@H](Oc1ccc(C)cc1)c1ccc(C2CCC(C)CC2)cc1. The van der Waals surface area contributed by atoms with Gasteiger partial charge < -0.3 is 4.74 Å². The summed E-state index contributed by atoms with van der Waals surface area (Å²) in [6.07, 6.45) is 6.55. The summed E-state index contributed by atoms with van der Waals surface area (Å²) in [5, 5.41) is 0. The summed E-state index contributed by atoms with van der Waals surface area (Å²) in [5.74, 6) is 2.62. The maximum atomic E-state index is 6.20. The quantitative estimate of drug-likeness (QED) is 0.587. The van der Waals surface area contributed by atoms with Crippen LogP contribution in [0.15, 0.2) is 48.5 Å². The number of benzene rings is 2. The summed E-state index contributed by atoms with van der Waals surface area (Å²) < 4.78 is 6.20. The molecule has 0 unspecified atom stereocenters. The molecule has 2 aromatic rings. The van der Waals surface area contributed by atoms with Crippen LogP contribution in [0.4, 0.5) is 0 Å². The van der Waals surface area contributed by atoms with E-state index in [4.69, 9.17) is 4.74 Å². The van der Waals surface area contributed by atoms with E-state index in [9.17, 15) is 0 Å². The molecule has 128 valence electrons. The van der Waals surface area contributed by atoms with E-state index in [0.717, 1.165) is 24.0 Å². The van der Waals surface area contributed by atoms with Crippen LogP contribution in [-0.2, 0) is 0 Å². The molecule has 0 amide bonds. The molecule has 0 bridgehead atoms. The molecule has 1 fully saturated rings. The van der Waals surface area contributed by atoms with Crippen molar-refractivity contribution in [2.45, 2.75) is 64.9 Å². The van der Waals surface area contributed by atoms with Gasteiger partial charge >= 0.3 is 0 Å². The highest BCUT2D eigenvalue weighted by Crippen LogP contribution is 2.36. The molecular weight excluding hydrogens is 292 g/mol. The van der Waals surface area contributed by atoms with Crippen molar-refractivity contribution in [3.8, 4) is 5.75 Å². The molecule has 0 N–H and O–H groups in total. The van der Waals surface area contributed by atoms with Crippen molar-refractivity contribution in [3.63, 3.8) is 0 Å². The molecule has 0 radical (unpaired) electrons. The maximum absolute atomic E-state index is 6.20.